The van der Waals surface area contributed by atoms with Crippen molar-refractivity contribution in [3.05, 3.63) is 34.8 Å². The summed E-state index contributed by atoms with van der Waals surface area (Å²) in [5.74, 6) is 0.565. The molecule has 0 heterocycles. The van der Waals surface area contributed by atoms with E-state index in [1.165, 1.54) is 17.8 Å². The van der Waals surface area contributed by atoms with Gasteiger partial charge < -0.3 is 5.73 Å². The van der Waals surface area contributed by atoms with Gasteiger partial charge in [0.15, 0.2) is 0 Å². The maximum Gasteiger partial charge on any atom is 0.416 e. The van der Waals surface area contributed by atoms with Crippen LogP contribution in [0.2, 0.25) is 0 Å². The Morgan fingerprint density at radius 2 is 2.06 bits per heavy atom. The highest BCUT2D eigenvalue weighted by Gasteiger charge is 2.30. The number of alkyl halides is 3. The van der Waals surface area contributed by atoms with Crippen LogP contribution < -0.4 is 5.73 Å². The normalized spacial score (nSPS) is 11.5. The predicted octanol–water partition coefficient (Wildman–Crippen LogP) is 4.29. The van der Waals surface area contributed by atoms with Crippen LogP contribution in [0.3, 0.4) is 0 Å². The molecule has 0 radical (unpaired) electrons. The topological polar surface area (TPSA) is 26.0 Å². The van der Waals surface area contributed by atoms with Crippen LogP contribution in [0.4, 0.5) is 18.9 Å². The zero-order chi connectivity index (χ0) is 12.3. The molecule has 0 unspecified atom stereocenters. The molecule has 0 atom stereocenters. The summed E-state index contributed by atoms with van der Waals surface area (Å²) in [4.78, 5) is 0.619. The number of thioether (sulfide) groups is 1. The second-order valence-electron chi connectivity index (χ2n) is 3.06. The van der Waals surface area contributed by atoms with Crippen LogP contribution in [0.25, 0.3) is 0 Å². The zero-order valence-electron chi connectivity index (χ0n) is 8.14. The van der Waals surface area contributed by atoms with Crippen LogP contribution in [-0.4, -0.2) is 5.75 Å². The van der Waals surface area contributed by atoms with E-state index >= 15 is 0 Å². The molecule has 0 aliphatic carbocycles. The average molecular weight is 312 g/mol. The highest BCUT2D eigenvalue weighted by Crippen LogP contribution is 2.34. The number of anilines is 1. The Kier molecular flexibility index (Phi) is 4.32. The van der Waals surface area contributed by atoms with Crippen molar-refractivity contribution < 1.29 is 13.2 Å². The first-order chi connectivity index (χ1) is 7.30. The van der Waals surface area contributed by atoms with E-state index in [4.69, 9.17) is 5.73 Å². The van der Waals surface area contributed by atoms with Gasteiger partial charge in [-0.3, -0.25) is 0 Å². The smallest absolute Gasteiger partial charge is 0.398 e. The maximum atomic E-state index is 12.3. The second-order valence-corrected chi connectivity index (χ2v) is 5.19. The number of rotatable bonds is 3. The Morgan fingerprint density at radius 3 is 2.50 bits per heavy atom. The Hall–Kier alpha value is -0.620. The monoisotopic (exact) mass is 311 g/mol. The van der Waals surface area contributed by atoms with Gasteiger partial charge in [0.2, 0.25) is 0 Å². The Morgan fingerprint density at radius 1 is 1.44 bits per heavy atom. The van der Waals surface area contributed by atoms with Crippen LogP contribution in [0.1, 0.15) is 5.56 Å². The molecular formula is C10H9BrF3NS. The van der Waals surface area contributed by atoms with Gasteiger partial charge in [0, 0.05) is 16.3 Å². The number of nitrogen functional groups attached to an aromatic ring is 1. The largest absolute Gasteiger partial charge is 0.416 e. The van der Waals surface area contributed by atoms with E-state index in [2.05, 4.69) is 22.5 Å². The number of hydrogen-bond acceptors (Lipinski definition) is 2. The summed E-state index contributed by atoms with van der Waals surface area (Å²) in [5, 5.41) is 0. The van der Waals surface area contributed by atoms with E-state index in [1.807, 2.05) is 0 Å². The maximum absolute atomic E-state index is 12.3. The van der Waals surface area contributed by atoms with Crippen molar-refractivity contribution in [2.24, 2.45) is 0 Å². The lowest BCUT2D eigenvalue weighted by Crippen LogP contribution is -2.05. The molecule has 6 heteroatoms. The third-order valence-corrected chi connectivity index (χ3v) is 3.55. The Labute approximate surface area is 104 Å². The van der Waals surface area contributed by atoms with Crippen molar-refractivity contribution in [3.8, 4) is 0 Å². The minimum absolute atomic E-state index is 0.133. The molecule has 2 N–H and O–H groups in total. The first-order valence-corrected chi connectivity index (χ1v) is 6.01. The molecule has 16 heavy (non-hydrogen) atoms. The molecule has 0 spiro atoms. The third kappa shape index (κ3) is 3.75. The van der Waals surface area contributed by atoms with E-state index in [1.54, 1.807) is 0 Å². The van der Waals surface area contributed by atoms with Gasteiger partial charge in [0.05, 0.1) is 5.56 Å². The molecule has 0 amide bonds. The summed E-state index contributed by atoms with van der Waals surface area (Å²) < 4.78 is 37.7. The molecule has 1 aromatic rings. The summed E-state index contributed by atoms with van der Waals surface area (Å²) >= 11 is 4.50. The van der Waals surface area contributed by atoms with E-state index in [0.717, 1.165) is 16.6 Å². The van der Waals surface area contributed by atoms with Gasteiger partial charge >= 0.3 is 6.18 Å². The Bertz CT molecular complexity index is 404. The van der Waals surface area contributed by atoms with Gasteiger partial charge in [-0.1, -0.05) is 22.5 Å². The van der Waals surface area contributed by atoms with Gasteiger partial charge in [-0.15, -0.1) is 11.8 Å². The minimum atomic E-state index is -4.35. The standard InChI is InChI=1S/C10H9BrF3NS/c1-6(11)5-16-9-3-2-7(4-8(9)15)10(12,13)14/h2-4H,1,5,15H2. The zero-order valence-corrected chi connectivity index (χ0v) is 10.5. The fourth-order valence-electron chi connectivity index (χ4n) is 1.01. The summed E-state index contributed by atoms with van der Waals surface area (Å²) in [5.41, 5.74) is 4.94. The van der Waals surface area contributed by atoms with Crippen LogP contribution >= 0.6 is 27.7 Å². The molecule has 1 nitrogen and oxygen atoms in total. The summed E-state index contributed by atoms with van der Waals surface area (Å²) in [6.07, 6.45) is -4.35. The molecule has 1 rings (SSSR count). The quantitative estimate of drug-likeness (QED) is 0.665. The van der Waals surface area contributed by atoms with Crippen LogP contribution in [0.5, 0.6) is 0 Å². The summed E-state index contributed by atoms with van der Waals surface area (Å²) in [6, 6.07) is 3.34. The van der Waals surface area contributed by atoms with Crippen molar-refractivity contribution >= 4 is 33.4 Å². The molecule has 1 aromatic carbocycles. The lowest BCUT2D eigenvalue weighted by molar-refractivity contribution is -0.137. The molecule has 0 aliphatic rings. The number of halogens is 4. The van der Waals surface area contributed by atoms with Crippen molar-refractivity contribution in [1.82, 2.24) is 0 Å². The fraction of sp³-hybridized carbons (Fsp3) is 0.200. The lowest BCUT2D eigenvalue weighted by atomic mass is 10.2. The fourth-order valence-corrected chi connectivity index (χ4v) is 2.06. The van der Waals surface area contributed by atoms with Gasteiger partial charge in [0.25, 0.3) is 0 Å². The second kappa shape index (κ2) is 5.14. The molecule has 0 fully saturated rings. The van der Waals surface area contributed by atoms with Gasteiger partial charge in [-0.2, -0.15) is 13.2 Å². The van der Waals surface area contributed by atoms with Gasteiger partial charge in [-0.25, -0.2) is 0 Å². The summed E-state index contributed by atoms with van der Waals surface area (Å²) in [7, 11) is 0. The first kappa shape index (κ1) is 13.4. The number of hydrogen-bond donors (Lipinski definition) is 1. The molecule has 0 aromatic heterocycles. The van der Waals surface area contributed by atoms with Crippen LogP contribution in [-0.2, 0) is 6.18 Å². The minimum Gasteiger partial charge on any atom is -0.398 e. The van der Waals surface area contributed by atoms with Crippen LogP contribution in [0.15, 0.2) is 34.2 Å². The third-order valence-electron chi connectivity index (χ3n) is 1.72. The van der Waals surface area contributed by atoms with Gasteiger partial charge in [-0.05, 0) is 22.7 Å². The molecule has 0 bridgehead atoms. The average Bonchev–Trinajstić information content (AvgIpc) is 2.14. The molecule has 0 saturated carbocycles. The van der Waals surface area contributed by atoms with Crippen molar-refractivity contribution in [2.45, 2.75) is 11.1 Å². The number of nitrogens with two attached hydrogens (primary N) is 1. The van der Waals surface area contributed by atoms with E-state index in [9.17, 15) is 13.2 Å². The van der Waals surface area contributed by atoms with E-state index in [-0.39, 0.29) is 5.69 Å². The molecule has 0 aliphatic heterocycles. The van der Waals surface area contributed by atoms with Gasteiger partial charge in [0.1, 0.15) is 0 Å². The highest BCUT2D eigenvalue weighted by atomic mass is 79.9. The lowest BCUT2D eigenvalue weighted by Gasteiger charge is -2.10. The Balaban J connectivity index is 2.88. The molecule has 88 valence electrons. The van der Waals surface area contributed by atoms with E-state index < -0.39 is 11.7 Å². The first-order valence-electron chi connectivity index (χ1n) is 4.23. The predicted molar refractivity (Wildman–Crippen MR) is 64.6 cm³/mol. The molecular weight excluding hydrogens is 303 g/mol. The SMILES string of the molecule is C=C(Br)CSc1ccc(C(F)(F)F)cc1N. The van der Waals surface area contributed by atoms with Crippen molar-refractivity contribution in [1.29, 1.82) is 0 Å². The highest BCUT2D eigenvalue weighted by molar-refractivity contribution is 9.11. The summed E-state index contributed by atoms with van der Waals surface area (Å²) in [6.45, 7) is 3.63. The van der Waals surface area contributed by atoms with Crippen molar-refractivity contribution in [2.75, 3.05) is 11.5 Å². The molecule has 0 saturated heterocycles. The van der Waals surface area contributed by atoms with Crippen molar-refractivity contribution in [3.63, 3.8) is 0 Å². The number of benzene rings is 1. The van der Waals surface area contributed by atoms with E-state index in [0.29, 0.717) is 10.6 Å². The van der Waals surface area contributed by atoms with Crippen LogP contribution in [0, 0.1) is 0 Å².